The molecule has 0 bridgehead atoms. The minimum absolute atomic E-state index is 0.108. The zero-order valence-corrected chi connectivity index (χ0v) is 23.8. The van der Waals surface area contributed by atoms with E-state index in [1.165, 1.54) is 0 Å². The minimum atomic E-state index is -0.762. The van der Waals surface area contributed by atoms with Crippen molar-refractivity contribution in [3.63, 3.8) is 0 Å². The predicted octanol–water partition coefficient (Wildman–Crippen LogP) is 5.51. The summed E-state index contributed by atoms with van der Waals surface area (Å²) in [5, 5.41) is 5.05. The lowest BCUT2D eigenvalue weighted by Crippen LogP contribution is -2.54. The fourth-order valence-electron chi connectivity index (χ4n) is 6.25. The number of ether oxygens (including phenoxy) is 1. The van der Waals surface area contributed by atoms with Crippen LogP contribution in [0.25, 0.3) is 10.8 Å². The maximum absolute atomic E-state index is 14.4. The summed E-state index contributed by atoms with van der Waals surface area (Å²) in [5.41, 5.74) is 3.11. The fraction of sp³-hybridized carbons (Fsp3) is 0.286. The molecule has 4 aromatic rings. The topological polar surface area (TPSA) is 79.0 Å². The average molecular weight is 562 g/mol. The SMILES string of the molecule is COc1cccc(CN(C(=O)CN2C(=O)c3cccc4cccc2c34)[C@@H](Cc2ccccc2)C(=O)NC2CCCC2)c1. The maximum Gasteiger partial charge on any atom is 0.259 e. The van der Waals surface area contributed by atoms with Gasteiger partial charge < -0.3 is 15.0 Å². The van der Waals surface area contributed by atoms with Crippen molar-refractivity contribution in [2.24, 2.45) is 0 Å². The monoisotopic (exact) mass is 561 g/mol. The van der Waals surface area contributed by atoms with Crippen LogP contribution in [-0.2, 0) is 22.6 Å². The van der Waals surface area contributed by atoms with Gasteiger partial charge in [-0.25, -0.2) is 0 Å². The molecule has 4 aromatic carbocycles. The Morgan fingerprint density at radius 3 is 2.40 bits per heavy atom. The third-order valence-electron chi connectivity index (χ3n) is 8.40. The third kappa shape index (κ3) is 5.59. The lowest BCUT2D eigenvalue weighted by molar-refractivity contribution is -0.140. The molecule has 1 saturated carbocycles. The molecular formula is C35H35N3O4. The van der Waals surface area contributed by atoms with E-state index in [0.717, 1.165) is 53.3 Å². The summed E-state index contributed by atoms with van der Waals surface area (Å²) < 4.78 is 5.44. The normalized spacial score (nSPS) is 15.2. The number of hydrogen-bond donors (Lipinski definition) is 1. The van der Waals surface area contributed by atoms with Crippen molar-refractivity contribution in [1.29, 1.82) is 0 Å². The molecule has 6 rings (SSSR count). The number of carbonyl (C=O) groups is 3. The molecule has 1 N–H and O–H groups in total. The van der Waals surface area contributed by atoms with Crippen LogP contribution < -0.4 is 15.0 Å². The molecule has 0 spiro atoms. The van der Waals surface area contributed by atoms with Gasteiger partial charge in [-0.05, 0) is 53.6 Å². The Morgan fingerprint density at radius 1 is 0.929 bits per heavy atom. The van der Waals surface area contributed by atoms with Gasteiger partial charge in [0.2, 0.25) is 11.8 Å². The Kier molecular flexibility index (Phi) is 7.91. The van der Waals surface area contributed by atoms with Crippen molar-refractivity contribution in [1.82, 2.24) is 10.2 Å². The standard InChI is InChI=1S/C35H35N3O4/c1-42-28-17-7-12-25(20-28)22-37(31(21-24-10-3-2-4-11-24)34(40)36-27-15-5-6-16-27)32(39)23-38-30-19-9-14-26-13-8-18-29(33(26)30)35(38)41/h2-4,7-14,17-20,27,31H,5-6,15-16,21-23H2,1H3,(H,36,40)/t31-/m0/s1. The van der Waals surface area contributed by atoms with Gasteiger partial charge in [-0.15, -0.1) is 0 Å². The molecule has 0 saturated heterocycles. The molecule has 0 radical (unpaired) electrons. The Morgan fingerprint density at radius 2 is 1.64 bits per heavy atom. The van der Waals surface area contributed by atoms with Gasteiger partial charge in [0, 0.05) is 30.0 Å². The van der Waals surface area contributed by atoms with E-state index in [0.29, 0.717) is 17.7 Å². The summed E-state index contributed by atoms with van der Waals surface area (Å²) in [5.74, 6) is 0.0110. The second kappa shape index (κ2) is 12.1. The van der Waals surface area contributed by atoms with Crippen LogP contribution in [0.15, 0.2) is 91.0 Å². The number of nitrogens with one attached hydrogen (secondary N) is 1. The molecule has 1 aliphatic carbocycles. The first kappa shape index (κ1) is 27.5. The smallest absolute Gasteiger partial charge is 0.259 e. The van der Waals surface area contributed by atoms with Gasteiger partial charge in [0.1, 0.15) is 18.3 Å². The van der Waals surface area contributed by atoms with E-state index >= 15 is 0 Å². The van der Waals surface area contributed by atoms with Crippen molar-refractivity contribution in [3.8, 4) is 5.75 Å². The van der Waals surface area contributed by atoms with Crippen LogP contribution in [-0.4, -0.2) is 48.4 Å². The van der Waals surface area contributed by atoms with E-state index in [1.54, 1.807) is 23.0 Å². The zero-order valence-electron chi connectivity index (χ0n) is 23.8. The third-order valence-corrected chi connectivity index (χ3v) is 8.40. The summed E-state index contributed by atoms with van der Waals surface area (Å²) in [6.45, 7) is 0.0311. The van der Waals surface area contributed by atoms with Crippen molar-refractivity contribution < 1.29 is 19.1 Å². The van der Waals surface area contributed by atoms with Gasteiger partial charge in [0.15, 0.2) is 0 Å². The first-order chi connectivity index (χ1) is 20.5. The Balaban J connectivity index is 1.36. The molecule has 7 heteroatoms. The summed E-state index contributed by atoms with van der Waals surface area (Å²) in [7, 11) is 1.60. The van der Waals surface area contributed by atoms with Crippen molar-refractivity contribution in [3.05, 3.63) is 108 Å². The van der Waals surface area contributed by atoms with Crippen LogP contribution in [0.1, 0.15) is 47.2 Å². The van der Waals surface area contributed by atoms with E-state index in [4.69, 9.17) is 4.74 Å². The Labute approximate surface area is 246 Å². The molecule has 3 amide bonds. The Bertz CT molecular complexity index is 1610. The van der Waals surface area contributed by atoms with E-state index in [1.807, 2.05) is 84.9 Å². The quantitative estimate of drug-likeness (QED) is 0.277. The molecule has 7 nitrogen and oxygen atoms in total. The van der Waals surface area contributed by atoms with Crippen LogP contribution in [0.4, 0.5) is 5.69 Å². The number of benzene rings is 4. The van der Waals surface area contributed by atoms with Gasteiger partial charge in [-0.3, -0.25) is 19.3 Å². The van der Waals surface area contributed by atoms with Crippen LogP contribution in [0, 0.1) is 0 Å². The summed E-state index contributed by atoms with van der Waals surface area (Å²) in [6, 6.07) is 28.1. The molecule has 1 atom stereocenters. The van der Waals surface area contributed by atoms with Crippen molar-refractivity contribution in [2.75, 3.05) is 18.6 Å². The molecule has 0 unspecified atom stereocenters. The molecule has 214 valence electrons. The first-order valence-corrected chi connectivity index (χ1v) is 14.6. The highest BCUT2D eigenvalue weighted by Gasteiger charge is 2.36. The number of rotatable bonds is 10. The predicted molar refractivity (Wildman–Crippen MR) is 164 cm³/mol. The number of methoxy groups -OCH3 is 1. The lowest BCUT2D eigenvalue weighted by Gasteiger charge is -2.33. The molecule has 2 aliphatic rings. The average Bonchev–Trinajstić information content (AvgIpc) is 3.63. The van der Waals surface area contributed by atoms with Crippen LogP contribution in [0.5, 0.6) is 5.75 Å². The Hall–Kier alpha value is -4.65. The highest BCUT2D eigenvalue weighted by molar-refractivity contribution is 6.26. The number of amides is 3. The number of anilines is 1. The van der Waals surface area contributed by atoms with Gasteiger partial charge in [-0.1, -0.05) is 79.6 Å². The number of nitrogens with zero attached hydrogens (tertiary/aromatic N) is 2. The number of carbonyl (C=O) groups excluding carboxylic acids is 3. The first-order valence-electron chi connectivity index (χ1n) is 14.6. The highest BCUT2D eigenvalue weighted by Crippen LogP contribution is 2.37. The molecule has 1 aliphatic heterocycles. The van der Waals surface area contributed by atoms with Gasteiger partial charge in [0.05, 0.1) is 12.8 Å². The summed E-state index contributed by atoms with van der Waals surface area (Å²) in [6.07, 6.45) is 4.42. The van der Waals surface area contributed by atoms with E-state index in [9.17, 15) is 14.4 Å². The van der Waals surface area contributed by atoms with E-state index in [-0.39, 0.29) is 36.9 Å². The number of hydrogen-bond acceptors (Lipinski definition) is 4. The van der Waals surface area contributed by atoms with Crippen LogP contribution in [0.2, 0.25) is 0 Å². The maximum atomic E-state index is 14.4. The molecular weight excluding hydrogens is 526 g/mol. The van der Waals surface area contributed by atoms with Crippen LogP contribution >= 0.6 is 0 Å². The van der Waals surface area contributed by atoms with Gasteiger partial charge >= 0.3 is 0 Å². The molecule has 1 heterocycles. The van der Waals surface area contributed by atoms with Crippen molar-refractivity contribution >= 4 is 34.2 Å². The fourth-order valence-corrected chi connectivity index (χ4v) is 6.25. The highest BCUT2D eigenvalue weighted by atomic mass is 16.5. The largest absolute Gasteiger partial charge is 0.497 e. The van der Waals surface area contributed by atoms with E-state index < -0.39 is 6.04 Å². The zero-order chi connectivity index (χ0) is 29.1. The molecule has 0 aromatic heterocycles. The molecule has 42 heavy (non-hydrogen) atoms. The van der Waals surface area contributed by atoms with Crippen LogP contribution in [0.3, 0.4) is 0 Å². The summed E-state index contributed by atoms with van der Waals surface area (Å²) >= 11 is 0. The summed E-state index contributed by atoms with van der Waals surface area (Å²) in [4.78, 5) is 45.1. The minimum Gasteiger partial charge on any atom is -0.497 e. The van der Waals surface area contributed by atoms with Crippen molar-refractivity contribution in [2.45, 2.75) is 50.7 Å². The second-order valence-electron chi connectivity index (χ2n) is 11.1. The lowest BCUT2D eigenvalue weighted by atomic mass is 10.0. The second-order valence-corrected chi connectivity index (χ2v) is 11.1. The van der Waals surface area contributed by atoms with Gasteiger partial charge in [-0.2, -0.15) is 0 Å². The molecule has 1 fully saturated rings. The van der Waals surface area contributed by atoms with Gasteiger partial charge in [0.25, 0.3) is 5.91 Å². The van der Waals surface area contributed by atoms with E-state index in [2.05, 4.69) is 5.32 Å².